The molecule has 0 aromatic heterocycles. The molecular formula is C14H20ClNO3S. The second kappa shape index (κ2) is 8.39. The van der Waals surface area contributed by atoms with Crippen LogP contribution in [0.4, 0.5) is 0 Å². The lowest BCUT2D eigenvalue weighted by Gasteiger charge is -2.20. The van der Waals surface area contributed by atoms with E-state index in [0.29, 0.717) is 25.9 Å². The maximum atomic E-state index is 12.2. The molecule has 4 nitrogen and oxygen atoms in total. The highest BCUT2D eigenvalue weighted by Gasteiger charge is 2.20. The predicted molar refractivity (Wildman–Crippen MR) is 81.0 cm³/mol. The van der Waals surface area contributed by atoms with Gasteiger partial charge in [0, 0.05) is 19.5 Å². The second-order valence-electron chi connectivity index (χ2n) is 4.54. The standard InChI is InChI=1S/C14H20ClNO3S/c1-2-16(12-13-8-4-3-5-9-13)20(18,19)11-7-6-10-14(15)17/h3-5,8-9H,2,6-7,10-12H2,1H3. The van der Waals surface area contributed by atoms with E-state index in [9.17, 15) is 13.2 Å². The summed E-state index contributed by atoms with van der Waals surface area (Å²) in [6.07, 6.45) is 1.18. The van der Waals surface area contributed by atoms with E-state index in [-0.39, 0.29) is 12.2 Å². The van der Waals surface area contributed by atoms with Crippen LogP contribution >= 0.6 is 11.6 Å². The van der Waals surface area contributed by atoms with Gasteiger partial charge in [-0.15, -0.1) is 0 Å². The van der Waals surface area contributed by atoms with Crippen LogP contribution in [0.2, 0.25) is 0 Å². The van der Waals surface area contributed by atoms with Crippen molar-refractivity contribution in [3.8, 4) is 0 Å². The monoisotopic (exact) mass is 317 g/mol. The van der Waals surface area contributed by atoms with E-state index >= 15 is 0 Å². The summed E-state index contributed by atoms with van der Waals surface area (Å²) in [6, 6.07) is 9.50. The van der Waals surface area contributed by atoms with E-state index in [1.165, 1.54) is 4.31 Å². The lowest BCUT2D eigenvalue weighted by atomic mass is 10.2. The molecule has 0 amide bonds. The van der Waals surface area contributed by atoms with Crippen LogP contribution in [0.15, 0.2) is 30.3 Å². The van der Waals surface area contributed by atoms with E-state index in [4.69, 9.17) is 11.6 Å². The van der Waals surface area contributed by atoms with Gasteiger partial charge in [-0.3, -0.25) is 4.79 Å². The normalized spacial score (nSPS) is 11.8. The number of halogens is 1. The summed E-state index contributed by atoms with van der Waals surface area (Å²) in [6.45, 7) is 2.64. The lowest BCUT2D eigenvalue weighted by molar-refractivity contribution is -0.111. The maximum Gasteiger partial charge on any atom is 0.221 e. The summed E-state index contributed by atoms with van der Waals surface area (Å²) in [5.41, 5.74) is 0.967. The van der Waals surface area contributed by atoms with Crippen molar-refractivity contribution in [2.24, 2.45) is 0 Å². The van der Waals surface area contributed by atoms with Gasteiger partial charge in [0.2, 0.25) is 15.3 Å². The van der Waals surface area contributed by atoms with Crippen LogP contribution in [-0.4, -0.2) is 30.3 Å². The molecule has 0 aliphatic heterocycles. The number of carbonyl (C=O) groups is 1. The Hall–Kier alpha value is -0.910. The van der Waals surface area contributed by atoms with Crippen molar-refractivity contribution in [1.82, 2.24) is 4.31 Å². The van der Waals surface area contributed by atoms with Crippen LogP contribution in [-0.2, 0) is 21.4 Å². The van der Waals surface area contributed by atoms with Crippen LogP contribution in [0.25, 0.3) is 0 Å². The SMILES string of the molecule is CCN(Cc1ccccc1)S(=O)(=O)CCCCC(=O)Cl. The Bertz CT molecular complexity index is 516. The van der Waals surface area contributed by atoms with E-state index in [0.717, 1.165) is 5.56 Å². The molecule has 0 aliphatic carbocycles. The molecule has 0 saturated heterocycles. The molecule has 0 heterocycles. The molecule has 1 aromatic rings. The summed E-state index contributed by atoms with van der Waals surface area (Å²) in [5, 5.41) is -0.418. The van der Waals surface area contributed by atoms with E-state index in [2.05, 4.69) is 0 Å². The zero-order chi connectivity index (χ0) is 15.0. The van der Waals surface area contributed by atoms with Crippen molar-refractivity contribution in [2.75, 3.05) is 12.3 Å². The zero-order valence-electron chi connectivity index (χ0n) is 11.6. The van der Waals surface area contributed by atoms with Gasteiger partial charge in [-0.05, 0) is 30.0 Å². The molecule has 0 unspecified atom stereocenters. The van der Waals surface area contributed by atoms with Gasteiger partial charge in [-0.25, -0.2) is 8.42 Å². The Morgan fingerprint density at radius 1 is 1.20 bits per heavy atom. The number of sulfonamides is 1. The number of unbranched alkanes of at least 4 members (excludes halogenated alkanes) is 1. The number of carbonyl (C=O) groups excluding carboxylic acids is 1. The molecule has 0 fully saturated rings. The van der Waals surface area contributed by atoms with E-state index in [1.54, 1.807) is 0 Å². The molecule has 1 rings (SSSR count). The highest BCUT2D eigenvalue weighted by Crippen LogP contribution is 2.12. The first kappa shape index (κ1) is 17.1. The molecule has 20 heavy (non-hydrogen) atoms. The number of hydrogen-bond donors (Lipinski definition) is 0. The number of benzene rings is 1. The van der Waals surface area contributed by atoms with Crippen LogP contribution in [0.5, 0.6) is 0 Å². The zero-order valence-corrected chi connectivity index (χ0v) is 13.2. The topological polar surface area (TPSA) is 54.5 Å². The maximum absolute atomic E-state index is 12.2. The van der Waals surface area contributed by atoms with Crippen molar-refractivity contribution in [3.05, 3.63) is 35.9 Å². The average molecular weight is 318 g/mol. The molecule has 112 valence electrons. The minimum Gasteiger partial charge on any atom is -0.281 e. The predicted octanol–water partition coefficient (Wildman–Crippen LogP) is 2.77. The molecule has 0 bridgehead atoms. The Kier molecular flexibility index (Phi) is 7.19. The van der Waals surface area contributed by atoms with Crippen LogP contribution in [0, 0.1) is 0 Å². The Balaban J connectivity index is 2.56. The van der Waals surface area contributed by atoms with Crippen molar-refractivity contribution in [1.29, 1.82) is 0 Å². The minimum absolute atomic E-state index is 0.0534. The molecule has 0 radical (unpaired) electrons. The second-order valence-corrected chi connectivity index (χ2v) is 7.05. The Morgan fingerprint density at radius 3 is 2.40 bits per heavy atom. The van der Waals surface area contributed by atoms with Gasteiger partial charge in [0.15, 0.2) is 0 Å². The van der Waals surface area contributed by atoms with Gasteiger partial charge < -0.3 is 0 Å². The number of rotatable bonds is 9. The molecule has 1 aromatic carbocycles. The third kappa shape index (κ3) is 6.03. The van der Waals surface area contributed by atoms with Gasteiger partial charge >= 0.3 is 0 Å². The van der Waals surface area contributed by atoms with E-state index < -0.39 is 15.3 Å². The van der Waals surface area contributed by atoms with Crippen molar-refractivity contribution < 1.29 is 13.2 Å². The van der Waals surface area contributed by atoms with Crippen LogP contribution in [0.1, 0.15) is 31.7 Å². The number of hydrogen-bond acceptors (Lipinski definition) is 3. The first-order valence-corrected chi connectivity index (χ1v) is 8.64. The molecule has 6 heteroatoms. The largest absolute Gasteiger partial charge is 0.281 e. The smallest absolute Gasteiger partial charge is 0.221 e. The van der Waals surface area contributed by atoms with Crippen LogP contribution < -0.4 is 0 Å². The molecule has 0 atom stereocenters. The Labute approximate surface area is 125 Å². The van der Waals surface area contributed by atoms with Gasteiger partial charge in [0.05, 0.1) is 5.75 Å². The highest BCUT2D eigenvalue weighted by atomic mass is 35.5. The first-order chi connectivity index (χ1) is 9.45. The van der Waals surface area contributed by atoms with Gasteiger partial charge in [-0.2, -0.15) is 4.31 Å². The fraction of sp³-hybridized carbons (Fsp3) is 0.500. The molecular weight excluding hydrogens is 298 g/mol. The fourth-order valence-electron chi connectivity index (χ4n) is 1.87. The quantitative estimate of drug-likeness (QED) is 0.520. The van der Waals surface area contributed by atoms with E-state index in [1.807, 2.05) is 37.3 Å². The summed E-state index contributed by atoms with van der Waals surface area (Å²) < 4.78 is 25.9. The first-order valence-electron chi connectivity index (χ1n) is 6.66. The van der Waals surface area contributed by atoms with Crippen molar-refractivity contribution >= 4 is 26.9 Å². The third-order valence-corrected chi connectivity index (χ3v) is 5.14. The third-order valence-electron chi connectivity index (χ3n) is 2.97. The minimum atomic E-state index is -3.29. The Morgan fingerprint density at radius 2 is 1.85 bits per heavy atom. The molecule has 0 spiro atoms. The molecule has 0 N–H and O–H groups in total. The highest BCUT2D eigenvalue weighted by molar-refractivity contribution is 7.89. The van der Waals surface area contributed by atoms with Gasteiger partial charge in [0.25, 0.3) is 0 Å². The van der Waals surface area contributed by atoms with Crippen molar-refractivity contribution in [2.45, 2.75) is 32.7 Å². The number of nitrogens with zero attached hydrogens (tertiary/aromatic N) is 1. The van der Waals surface area contributed by atoms with Gasteiger partial charge in [-0.1, -0.05) is 37.3 Å². The van der Waals surface area contributed by atoms with Crippen molar-refractivity contribution in [3.63, 3.8) is 0 Å². The molecule has 0 aliphatic rings. The molecule has 0 saturated carbocycles. The fourth-order valence-corrected chi connectivity index (χ4v) is 3.57. The van der Waals surface area contributed by atoms with Crippen LogP contribution in [0.3, 0.4) is 0 Å². The summed E-state index contributed by atoms with van der Waals surface area (Å²) >= 11 is 5.23. The average Bonchev–Trinajstić information content (AvgIpc) is 2.42. The summed E-state index contributed by atoms with van der Waals surface area (Å²) in [7, 11) is -3.29. The van der Waals surface area contributed by atoms with Gasteiger partial charge in [0.1, 0.15) is 0 Å². The lowest BCUT2D eigenvalue weighted by Crippen LogP contribution is -2.32. The summed E-state index contributed by atoms with van der Waals surface area (Å²) in [5.74, 6) is 0.0534. The summed E-state index contributed by atoms with van der Waals surface area (Å²) in [4.78, 5) is 10.6.